The molecular formula is C14H23NO4. The Morgan fingerprint density at radius 2 is 1.42 bits per heavy atom. The molecule has 0 aliphatic rings. The molecule has 0 fully saturated rings. The van der Waals surface area contributed by atoms with E-state index in [9.17, 15) is 5.11 Å². The Kier molecular flexibility index (Phi) is 5.44. The highest BCUT2D eigenvalue weighted by Crippen LogP contribution is 2.38. The average Bonchev–Trinajstić information content (AvgIpc) is 2.43. The van der Waals surface area contributed by atoms with Crippen molar-refractivity contribution < 1.29 is 19.3 Å². The lowest BCUT2D eigenvalue weighted by molar-refractivity contribution is 0.0968. The largest absolute Gasteiger partial charge is 0.496 e. The van der Waals surface area contributed by atoms with E-state index in [2.05, 4.69) is 0 Å². The summed E-state index contributed by atoms with van der Waals surface area (Å²) >= 11 is 0. The molecule has 0 aromatic heterocycles. The van der Waals surface area contributed by atoms with Gasteiger partial charge in [-0.05, 0) is 12.0 Å². The Hall–Kier alpha value is -1.46. The normalized spacial score (nSPS) is 14.1. The van der Waals surface area contributed by atoms with Gasteiger partial charge in [-0.3, -0.25) is 0 Å². The van der Waals surface area contributed by atoms with Crippen LogP contribution in [0.4, 0.5) is 0 Å². The van der Waals surface area contributed by atoms with Crippen molar-refractivity contribution in [3.05, 3.63) is 17.7 Å². The van der Waals surface area contributed by atoms with Crippen LogP contribution in [0.3, 0.4) is 0 Å². The zero-order valence-electron chi connectivity index (χ0n) is 12.1. The van der Waals surface area contributed by atoms with Gasteiger partial charge in [-0.25, -0.2) is 0 Å². The molecule has 0 aliphatic carbocycles. The zero-order valence-corrected chi connectivity index (χ0v) is 12.1. The maximum Gasteiger partial charge on any atom is 0.164 e. The minimum atomic E-state index is -0.660. The van der Waals surface area contributed by atoms with Crippen molar-refractivity contribution in [1.82, 2.24) is 0 Å². The molecule has 1 rings (SSSR count). The van der Waals surface area contributed by atoms with E-state index >= 15 is 0 Å². The van der Waals surface area contributed by atoms with E-state index in [-0.39, 0.29) is 5.92 Å². The lowest BCUT2D eigenvalue weighted by Crippen LogP contribution is -2.30. The van der Waals surface area contributed by atoms with Crippen LogP contribution in [0.25, 0.3) is 0 Å². The maximum absolute atomic E-state index is 10.1. The molecule has 0 heterocycles. The summed E-state index contributed by atoms with van der Waals surface area (Å²) in [6.45, 7) is 3.83. The van der Waals surface area contributed by atoms with Crippen LogP contribution in [0, 0.1) is 5.92 Å². The molecule has 0 bridgehead atoms. The van der Waals surface area contributed by atoms with E-state index in [4.69, 9.17) is 19.9 Å². The summed E-state index contributed by atoms with van der Waals surface area (Å²) in [7, 11) is 4.66. The molecule has 3 N–H and O–H groups in total. The van der Waals surface area contributed by atoms with E-state index in [1.54, 1.807) is 33.5 Å². The predicted molar refractivity (Wildman–Crippen MR) is 73.9 cm³/mol. The molecule has 5 heteroatoms. The lowest BCUT2D eigenvalue weighted by atomic mass is 9.93. The van der Waals surface area contributed by atoms with Gasteiger partial charge in [-0.1, -0.05) is 13.8 Å². The third-order valence-electron chi connectivity index (χ3n) is 3.15. The van der Waals surface area contributed by atoms with Gasteiger partial charge in [-0.2, -0.15) is 0 Å². The Morgan fingerprint density at radius 1 is 0.947 bits per heavy atom. The van der Waals surface area contributed by atoms with Gasteiger partial charge >= 0.3 is 0 Å². The first-order chi connectivity index (χ1) is 8.96. The van der Waals surface area contributed by atoms with Gasteiger partial charge in [0.05, 0.1) is 33.5 Å². The van der Waals surface area contributed by atoms with Crippen molar-refractivity contribution >= 4 is 0 Å². The topological polar surface area (TPSA) is 73.9 Å². The number of methoxy groups -OCH3 is 3. The van der Waals surface area contributed by atoms with Gasteiger partial charge in [0, 0.05) is 11.6 Å². The molecule has 1 aromatic carbocycles. The predicted octanol–water partition coefficient (Wildman–Crippen LogP) is 1.73. The molecular weight excluding hydrogens is 246 g/mol. The monoisotopic (exact) mass is 269 g/mol. The first kappa shape index (κ1) is 15.6. The maximum atomic E-state index is 10.1. The number of hydrogen-bond acceptors (Lipinski definition) is 5. The molecule has 19 heavy (non-hydrogen) atoms. The van der Waals surface area contributed by atoms with Gasteiger partial charge in [0.15, 0.2) is 11.5 Å². The molecule has 2 atom stereocenters. The number of rotatable bonds is 6. The molecule has 0 radical (unpaired) electrons. The Labute approximate surface area is 114 Å². The summed E-state index contributed by atoms with van der Waals surface area (Å²) in [4.78, 5) is 0. The van der Waals surface area contributed by atoms with Crippen LogP contribution in [0.2, 0.25) is 0 Å². The number of benzene rings is 1. The SMILES string of the molecule is COc1cc(OC)c([C@@H](N)[C@@H](O)C(C)C)cc1OC. The van der Waals surface area contributed by atoms with Crippen LogP contribution >= 0.6 is 0 Å². The van der Waals surface area contributed by atoms with Crippen LogP contribution in [-0.4, -0.2) is 32.5 Å². The van der Waals surface area contributed by atoms with E-state index in [0.29, 0.717) is 22.8 Å². The summed E-state index contributed by atoms with van der Waals surface area (Å²) in [6.07, 6.45) is -0.660. The molecule has 108 valence electrons. The Balaban J connectivity index is 3.25. The lowest BCUT2D eigenvalue weighted by Gasteiger charge is -2.25. The smallest absolute Gasteiger partial charge is 0.164 e. The van der Waals surface area contributed by atoms with Crippen molar-refractivity contribution in [2.45, 2.75) is 26.0 Å². The van der Waals surface area contributed by atoms with Crippen molar-refractivity contribution in [2.75, 3.05) is 21.3 Å². The quantitative estimate of drug-likeness (QED) is 0.822. The van der Waals surface area contributed by atoms with Crippen molar-refractivity contribution in [1.29, 1.82) is 0 Å². The third kappa shape index (κ3) is 3.30. The molecule has 0 saturated carbocycles. The van der Waals surface area contributed by atoms with Gasteiger partial charge in [-0.15, -0.1) is 0 Å². The van der Waals surface area contributed by atoms with Crippen molar-refractivity contribution in [3.63, 3.8) is 0 Å². The van der Waals surface area contributed by atoms with Crippen LogP contribution in [-0.2, 0) is 0 Å². The zero-order chi connectivity index (χ0) is 14.6. The fraction of sp³-hybridized carbons (Fsp3) is 0.571. The Bertz CT molecular complexity index is 420. The molecule has 0 spiro atoms. The fourth-order valence-corrected chi connectivity index (χ4v) is 1.91. The highest BCUT2D eigenvalue weighted by atomic mass is 16.5. The van der Waals surface area contributed by atoms with Crippen LogP contribution in [0.5, 0.6) is 17.2 Å². The number of hydrogen-bond donors (Lipinski definition) is 2. The average molecular weight is 269 g/mol. The number of aliphatic hydroxyl groups excluding tert-OH is 1. The molecule has 0 saturated heterocycles. The van der Waals surface area contributed by atoms with Crippen LogP contribution in [0.1, 0.15) is 25.5 Å². The second-order valence-corrected chi connectivity index (χ2v) is 4.71. The first-order valence-corrected chi connectivity index (χ1v) is 6.19. The number of nitrogens with two attached hydrogens (primary N) is 1. The first-order valence-electron chi connectivity index (χ1n) is 6.19. The number of ether oxygens (including phenoxy) is 3. The summed E-state index contributed by atoms with van der Waals surface area (Å²) in [5, 5.41) is 10.1. The Morgan fingerprint density at radius 3 is 1.84 bits per heavy atom. The molecule has 0 aliphatic heterocycles. The fourth-order valence-electron chi connectivity index (χ4n) is 1.91. The van der Waals surface area contributed by atoms with E-state index < -0.39 is 12.1 Å². The second kappa shape index (κ2) is 6.63. The van der Waals surface area contributed by atoms with E-state index in [0.717, 1.165) is 0 Å². The third-order valence-corrected chi connectivity index (χ3v) is 3.15. The van der Waals surface area contributed by atoms with Crippen LogP contribution in [0.15, 0.2) is 12.1 Å². The summed E-state index contributed by atoms with van der Waals surface area (Å²) in [5.74, 6) is 1.75. The molecule has 0 unspecified atom stereocenters. The second-order valence-electron chi connectivity index (χ2n) is 4.71. The standard InChI is InChI=1S/C14H23NO4/c1-8(2)14(16)13(15)9-6-11(18-4)12(19-5)7-10(9)17-3/h6-8,13-14,16H,15H2,1-5H3/t13-,14+/m1/s1. The summed E-state index contributed by atoms with van der Waals surface area (Å²) in [6, 6.07) is 2.91. The molecule has 5 nitrogen and oxygen atoms in total. The van der Waals surface area contributed by atoms with Crippen LogP contribution < -0.4 is 19.9 Å². The van der Waals surface area contributed by atoms with E-state index in [1.165, 1.54) is 0 Å². The van der Waals surface area contributed by atoms with Crippen molar-refractivity contribution in [3.8, 4) is 17.2 Å². The molecule has 1 aromatic rings. The van der Waals surface area contributed by atoms with Gasteiger partial charge in [0.2, 0.25) is 0 Å². The van der Waals surface area contributed by atoms with E-state index in [1.807, 2.05) is 13.8 Å². The highest BCUT2D eigenvalue weighted by Gasteiger charge is 2.25. The summed E-state index contributed by atoms with van der Waals surface area (Å²) < 4.78 is 15.8. The van der Waals surface area contributed by atoms with Crippen molar-refractivity contribution in [2.24, 2.45) is 11.7 Å². The minimum Gasteiger partial charge on any atom is -0.496 e. The van der Waals surface area contributed by atoms with Gasteiger partial charge < -0.3 is 25.1 Å². The minimum absolute atomic E-state index is 0.0489. The highest BCUT2D eigenvalue weighted by molar-refractivity contribution is 5.52. The van der Waals surface area contributed by atoms with Gasteiger partial charge in [0.25, 0.3) is 0 Å². The summed E-state index contributed by atoms with van der Waals surface area (Å²) in [5.41, 5.74) is 6.80. The number of aliphatic hydroxyl groups is 1. The van der Waals surface area contributed by atoms with Gasteiger partial charge in [0.1, 0.15) is 5.75 Å². The molecule has 0 amide bonds.